The van der Waals surface area contributed by atoms with E-state index in [0.717, 1.165) is 11.1 Å². The maximum absolute atomic E-state index is 11.7. The molecule has 1 aromatic carbocycles. The SMILES string of the molecule is Cc1cc(C)cc(OCC(=O)N2CC(C(=O)O)C2)c1. The number of carboxylic acid groups (broad SMARTS) is 1. The van der Waals surface area contributed by atoms with Crippen molar-refractivity contribution >= 4 is 11.9 Å². The summed E-state index contributed by atoms with van der Waals surface area (Å²) < 4.78 is 5.44. The van der Waals surface area contributed by atoms with Crippen LogP contribution < -0.4 is 4.74 Å². The summed E-state index contributed by atoms with van der Waals surface area (Å²) in [6.45, 7) is 4.45. The van der Waals surface area contributed by atoms with Gasteiger partial charge in [0, 0.05) is 13.1 Å². The average Bonchev–Trinajstić information content (AvgIpc) is 2.22. The first kappa shape index (κ1) is 13.4. The molecule has 102 valence electrons. The molecule has 5 heteroatoms. The summed E-state index contributed by atoms with van der Waals surface area (Å²) in [5.74, 6) is -0.776. The minimum atomic E-state index is -0.848. The number of aliphatic carboxylic acids is 1. The summed E-state index contributed by atoms with van der Waals surface area (Å²) in [5, 5.41) is 8.73. The minimum absolute atomic E-state index is 0.0464. The Bertz CT molecular complexity index is 486. The number of carbonyl (C=O) groups excluding carboxylic acids is 1. The molecule has 19 heavy (non-hydrogen) atoms. The van der Waals surface area contributed by atoms with Gasteiger partial charge in [-0.1, -0.05) is 6.07 Å². The number of amides is 1. The van der Waals surface area contributed by atoms with Crippen molar-refractivity contribution in [1.29, 1.82) is 0 Å². The van der Waals surface area contributed by atoms with Crippen LogP contribution in [0.5, 0.6) is 5.75 Å². The molecule has 0 radical (unpaired) electrons. The molecular weight excluding hydrogens is 246 g/mol. The molecule has 0 atom stereocenters. The van der Waals surface area contributed by atoms with E-state index < -0.39 is 11.9 Å². The first-order valence-corrected chi connectivity index (χ1v) is 6.17. The number of nitrogens with zero attached hydrogens (tertiary/aromatic N) is 1. The molecular formula is C14H17NO4. The van der Waals surface area contributed by atoms with Crippen molar-refractivity contribution in [2.45, 2.75) is 13.8 Å². The lowest BCUT2D eigenvalue weighted by atomic mass is 10.0. The van der Waals surface area contributed by atoms with E-state index in [1.54, 1.807) is 0 Å². The molecule has 0 unspecified atom stereocenters. The van der Waals surface area contributed by atoms with E-state index in [4.69, 9.17) is 9.84 Å². The van der Waals surface area contributed by atoms with Gasteiger partial charge < -0.3 is 14.7 Å². The highest BCUT2D eigenvalue weighted by molar-refractivity contribution is 5.82. The zero-order valence-corrected chi connectivity index (χ0v) is 11.0. The molecule has 1 N–H and O–H groups in total. The Morgan fingerprint density at radius 3 is 2.37 bits per heavy atom. The molecule has 2 rings (SSSR count). The highest BCUT2D eigenvalue weighted by Gasteiger charge is 2.35. The zero-order valence-electron chi connectivity index (χ0n) is 11.0. The highest BCUT2D eigenvalue weighted by Crippen LogP contribution is 2.18. The van der Waals surface area contributed by atoms with E-state index in [1.807, 2.05) is 32.0 Å². The van der Waals surface area contributed by atoms with Crippen LogP contribution in [0.2, 0.25) is 0 Å². The number of ether oxygens (including phenoxy) is 1. The number of rotatable bonds is 4. The van der Waals surface area contributed by atoms with Crippen molar-refractivity contribution in [3.05, 3.63) is 29.3 Å². The molecule has 1 amide bonds. The maximum atomic E-state index is 11.7. The molecule has 1 saturated heterocycles. The van der Waals surface area contributed by atoms with Crippen molar-refractivity contribution in [2.75, 3.05) is 19.7 Å². The average molecular weight is 263 g/mol. The monoisotopic (exact) mass is 263 g/mol. The number of carbonyl (C=O) groups is 2. The van der Waals surface area contributed by atoms with Crippen molar-refractivity contribution < 1.29 is 19.4 Å². The first-order valence-electron chi connectivity index (χ1n) is 6.17. The molecule has 1 aliphatic rings. The fourth-order valence-electron chi connectivity index (χ4n) is 2.09. The summed E-state index contributed by atoms with van der Waals surface area (Å²) in [7, 11) is 0. The van der Waals surface area contributed by atoms with Crippen LogP contribution >= 0.6 is 0 Å². The maximum Gasteiger partial charge on any atom is 0.310 e. The second-order valence-corrected chi connectivity index (χ2v) is 4.95. The third kappa shape index (κ3) is 3.24. The minimum Gasteiger partial charge on any atom is -0.484 e. The molecule has 0 aliphatic carbocycles. The number of likely N-dealkylation sites (tertiary alicyclic amines) is 1. The number of benzene rings is 1. The molecule has 0 aromatic heterocycles. The van der Waals surface area contributed by atoms with Gasteiger partial charge in [0.2, 0.25) is 0 Å². The number of aryl methyl sites for hydroxylation is 2. The number of hydrogen-bond acceptors (Lipinski definition) is 3. The fourth-order valence-corrected chi connectivity index (χ4v) is 2.09. The molecule has 5 nitrogen and oxygen atoms in total. The Morgan fingerprint density at radius 1 is 1.26 bits per heavy atom. The molecule has 1 aromatic rings. The van der Waals surface area contributed by atoms with Crippen LogP contribution in [0, 0.1) is 19.8 Å². The van der Waals surface area contributed by atoms with Crippen LogP contribution in [0.1, 0.15) is 11.1 Å². The highest BCUT2D eigenvalue weighted by atomic mass is 16.5. The van der Waals surface area contributed by atoms with Gasteiger partial charge in [-0.05, 0) is 37.1 Å². The third-order valence-corrected chi connectivity index (χ3v) is 3.14. The number of hydrogen-bond donors (Lipinski definition) is 1. The first-order chi connectivity index (χ1) is 8.95. The molecule has 0 spiro atoms. The smallest absolute Gasteiger partial charge is 0.310 e. The van der Waals surface area contributed by atoms with Crippen LogP contribution in [0.25, 0.3) is 0 Å². The molecule has 1 heterocycles. The van der Waals surface area contributed by atoms with E-state index >= 15 is 0 Å². The lowest BCUT2D eigenvalue weighted by Crippen LogP contribution is -2.54. The van der Waals surface area contributed by atoms with Gasteiger partial charge in [0.15, 0.2) is 6.61 Å². The number of carboxylic acids is 1. The Morgan fingerprint density at radius 2 is 1.84 bits per heavy atom. The van der Waals surface area contributed by atoms with Crippen molar-refractivity contribution in [3.8, 4) is 5.75 Å². The van der Waals surface area contributed by atoms with E-state index in [1.165, 1.54) is 4.90 Å². The van der Waals surface area contributed by atoms with E-state index in [9.17, 15) is 9.59 Å². The topological polar surface area (TPSA) is 66.8 Å². The summed E-state index contributed by atoms with van der Waals surface area (Å²) in [6, 6.07) is 5.77. The van der Waals surface area contributed by atoms with Gasteiger partial charge in [-0.2, -0.15) is 0 Å². The fraction of sp³-hybridized carbons (Fsp3) is 0.429. The Hall–Kier alpha value is -2.04. The van der Waals surface area contributed by atoms with Gasteiger partial charge >= 0.3 is 5.97 Å². The second kappa shape index (κ2) is 5.30. The van der Waals surface area contributed by atoms with E-state index in [-0.39, 0.29) is 25.6 Å². The lowest BCUT2D eigenvalue weighted by molar-refractivity contribution is -0.153. The molecule has 0 bridgehead atoms. The Kier molecular flexibility index (Phi) is 3.74. The predicted octanol–water partition coefficient (Wildman–Crippen LogP) is 1.23. The van der Waals surface area contributed by atoms with Crippen LogP contribution in [-0.2, 0) is 9.59 Å². The molecule has 1 fully saturated rings. The Labute approximate surface area is 111 Å². The molecule has 0 saturated carbocycles. The summed E-state index contributed by atoms with van der Waals surface area (Å²) in [5.41, 5.74) is 2.16. The molecule has 1 aliphatic heterocycles. The summed E-state index contributed by atoms with van der Waals surface area (Å²) in [6.07, 6.45) is 0. The largest absolute Gasteiger partial charge is 0.484 e. The van der Waals surface area contributed by atoms with Crippen molar-refractivity contribution in [2.24, 2.45) is 5.92 Å². The predicted molar refractivity (Wildman–Crippen MR) is 69.1 cm³/mol. The van der Waals surface area contributed by atoms with Gasteiger partial charge in [-0.25, -0.2) is 0 Å². The van der Waals surface area contributed by atoms with Gasteiger partial charge in [-0.3, -0.25) is 9.59 Å². The quantitative estimate of drug-likeness (QED) is 0.887. The van der Waals surface area contributed by atoms with Crippen LogP contribution in [-0.4, -0.2) is 41.6 Å². The normalized spacial score (nSPS) is 14.9. The van der Waals surface area contributed by atoms with Crippen molar-refractivity contribution in [1.82, 2.24) is 4.90 Å². The third-order valence-electron chi connectivity index (χ3n) is 3.14. The van der Waals surface area contributed by atoms with Gasteiger partial charge in [0.25, 0.3) is 5.91 Å². The zero-order chi connectivity index (χ0) is 14.0. The van der Waals surface area contributed by atoms with Crippen LogP contribution in [0.3, 0.4) is 0 Å². The van der Waals surface area contributed by atoms with Crippen LogP contribution in [0.4, 0.5) is 0 Å². The van der Waals surface area contributed by atoms with E-state index in [0.29, 0.717) is 5.75 Å². The van der Waals surface area contributed by atoms with Gasteiger partial charge in [-0.15, -0.1) is 0 Å². The summed E-state index contributed by atoms with van der Waals surface area (Å²) >= 11 is 0. The Balaban J connectivity index is 1.83. The van der Waals surface area contributed by atoms with Gasteiger partial charge in [0.05, 0.1) is 5.92 Å². The standard InChI is InChI=1S/C14H17NO4/c1-9-3-10(2)5-12(4-9)19-8-13(16)15-6-11(7-15)14(17)18/h3-5,11H,6-8H2,1-2H3,(H,17,18). The van der Waals surface area contributed by atoms with Crippen molar-refractivity contribution in [3.63, 3.8) is 0 Å². The van der Waals surface area contributed by atoms with E-state index in [2.05, 4.69) is 0 Å². The van der Waals surface area contributed by atoms with Crippen LogP contribution in [0.15, 0.2) is 18.2 Å². The summed E-state index contributed by atoms with van der Waals surface area (Å²) in [4.78, 5) is 23.9. The second-order valence-electron chi connectivity index (χ2n) is 4.95. The lowest BCUT2D eigenvalue weighted by Gasteiger charge is -2.36. The van der Waals surface area contributed by atoms with Gasteiger partial charge in [0.1, 0.15) is 5.75 Å².